The lowest BCUT2D eigenvalue weighted by Gasteiger charge is -2.36. The van der Waals surface area contributed by atoms with Gasteiger partial charge in [0.15, 0.2) is 0 Å². The van der Waals surface area contributed by atoms with Gasteiger partial charge in [-0.25, -0.2) is 4.98 Å². The van der Waals surface area contributed by atoms with Crippen molar-refractivity contribution in [1.29, 1.82) is 0 Å². The van der Waals surface area contributed by atoms with E-state index in [-0.39, 0.29) is 0 Å². The molecule has 2 aromatic rings. The maximum atomic E-state index is 6.00. The molecule has 1 aliphatic rings. The van der Waals surface area contributed by atoms with Crippen LogP contribution >= 0.6 is 11.6 Å². The Morgan fingerprint density at radius 2 is 2.28 bits per heavy atom. The topological polar surface area (TPSA) is 53.6 Å². The molecule has 1 aromatic heterocycles. The molecule has 94 valence electrons. The molecular weight excluding hydrogens is 248 g/mol. The second-order valence-electron chi connectivity index (χ2n) is 4.73. The summed E-state index contributed by atoms with van der Waals surface area (Å²) in [6.45, 7) is 0.757. The predicted molar refractivity (Wildman–Crippen MR) is 70.4 cm³/mol. The first-order valence-corrected chi connectivity index (χ1v) is 6.52. The van der Waals surface area contributed by atoms with Crippen molar-refractivity contribution < 1.29 is 0 Å². The molecule has 0 spiro atoms. The van der Waals surface area contributed by atoms with Crippen LogP contribution in [0, 0.1) is 0 Å². The van der Waals surface area contributed by atoms with Crippen molar-refractivity contribution in [2.24, 2.45) is 0 Å². The van der Waals surface area contributed by atoms with Crippen LogP contribution in [0.5, 0.6) is 0 Å². The Morgan fingerprint density at radius 3 is 3.00 bits per heavy atom. The van der Waals surface area contributed by atoms with E-state index in [2.05, 4.69) is 32.6 Å². The van der Waals surface area contributed by atoms with Gasteiger partial charge in [-0.05, 0) is 36.5 Å². The Hall–Kier alpha value is -1.39. The van der Waals surface area contributed by atoms with E-state index in [1.807, 2.05) is 12.1 Å². The van der Waals surface area contributed by atoms with Crippen LogP contribution in [0.4, 0.5) is 0 Å². The average molecular weight is 263 g/mol. The summed E-state index contributed by atoms with van der Waals surface area (Å²) in [7, 11) is 0. The molecule has 0 atom stereocenters. The first-order chi connectivity index (χ1) is 8.81. The third-order valence-electron chi connectivity index (χ3n) is 3.48. The molecule has 0 unspecified atom stereocenters. The molecule has 5 heteroatoms. The molecule has 3 rings (SSSR count). The van der Waals surface area contributed by atoms with E-state index in [1.165, 1.54) is 11.9 Å². The van der Waals surface area contributed by atoms with Gasteiger partial charge in [-0.1, -0.05) is 23.7 Å². The van der Waals surface area contributed by atoms with E-state index in [1.54, 1.807) is 0 Å². The van der Waals surface area contributed by atoms with Crippen LogP contribution in [-0.4, -0.2) is 21.2 Å². The number of hydrogen-bond acceptors (Lipinski definition) is 3. The zero-order valence-electron chi connectivity index (χ0n) is 9.94. The summed E-state index contributed by atoms with van der Waals surface area (Å²) in [5.74, 6) is 1.53. The molecule has 1 heterocycles. The molecule has 0 aliphatic heterocycles. The highest BCUT2D eigenvalue weighted by molar-refractivity contribution is 6.30. The normalized spacial score (nSPS) is 22.7. The molecule has 1 fully saturated rings. The van der Waals surface area contributed by atoms with E-state index >= 15 is 0 Å². The van der Waals surface area contributed by atoms with E-state index in [4.69, 9.17) is 11.6 Å². The highest BCUT2D eigenvalue weighted by Crippen LogP contribution is 2.37. The summed E-state index contributed by atoms with van der Waals surface area (Å²) in [5, 5.41) is 11.0. The van der Waals surface area contributed by atoms with Crippen LogP contribution in [0.3, 0.4) is 0 Å². The zero-order valence-corrected chi connectivity index (χ0v) is 10.7. The van der Waals surface area contributed by atoms with E-state index in [0.29, 0.717) is 12.0 Å². The number of nitrogens with zero attached hydrogens (tertiary/aromatic N) is 2. The fourth-order valence-corrected chi connectivity index (χ4v) is 2.57. The van der Waals surface area contributed by atoms with E-state index in [9.17, 15) is 0 Å². The van der Waals surface area contributed by atoms with Gasteiger partial charge in [0.05, 0.1) is 6.54 Å². The summed E-state index contributed by atoms with van der Waals surface area (Å²) in [6.07, 6.45) is 3.86. The molecular formula is C13H15ClN4. The lowest BCUT2D eigenvalue weighted by atomic mass is 9.76. The zero-order chi connectivity index (χ0) is 12.4. The van der Waals surface area contributed by atoms with Crippen molar-refractivity contribution in [2.45, 2.75) is 31.3 Å². The summed E-state index contributed by atoms with van der Waals surface area (Å²) in [6, 6.07) is 8.73. The summed E-state index contributed by atoms with van der Waals surface area (Å²) in [5.41, 5.74) is 1.35. The fourth-order valence-electron chi connectivity index (χ4n) is 2.37. The number of aromatic nitrogens is 3. The van der Waals surface area contributed by atoms with Crippen LogP contribution < -0.4 is 5.32 Å². The van der Waals surface area contributed by atoms with Gasteiger partial charge in [0, 0.05) is 11.1 Å². The van der Waals surface area contributed by atoms with Crippen LogP contribution in [0.15, 0.2) is 30.6 Å². The maximum Gasteiger partial charge on any atom is 0.138 e. The van der Waals surface area contributed by atoms with E-state index < -0.39 is 0 Å². The molecule has 1 aromatic carbocycles. The number of H-pyrrole nitrogens is 1. The van der Waals surface area contributed by atoms with E-state index in [0.717, 1.165) is 30.2 Å². The number of nitrogens with one attached hydrogen (secondary N) is 2. The summed E-state index contributed by atoms with van der Waals surface area (Å²) in [4.78, 5) is 4.09. The molecule has 0 saturated heterocycles. The van der Waals surface area contributed by atoms with Gasteiger partial charge >= 0.3 is 0 Å². The predicted octanol–water partition coefficient (Wildman–Crippen LogP) is 2.49. The highest BCUT2D eigenvalue weighted by atomic mass is 35.5. The number of hydrogen-bond donors (Lipinski definition) is 2. The van der Waals surface area contributed by atoms with Gasteiger partial charge in [-0.15, -0.1) is 0 Å². The Bertz CT molecular complexity index is 505. The molecule has 0 radical (unpaired) electrons. The van der Waals surface area contributed by atoms with Crippen LogP contribution in [-0.2, 0) is 6.54 Å². The number of aromatic amines is 1. The Balaban J connectivity index is 1.48. The van der Waals surface area contributed by atoms with Gasteiger partial charge in [0.25, 0.3) is 0 Å². The van der Waals surface area contributed by atoms with Gasteiger partial charge in [-0.2, -0.15) is 5.10 Å². The standard InChI is InChI=1S/C13H15ClN4/c14-11-3-1-2-9(4-11)10-5-12(6-10)15-7-13-16-8-17-18-13/h1-4,8,10,12,15H,5-7H2,(H,16,17,18). The Labute approximate surface area is 111 Å². The maximum absolute atomic E-state index is 6.00. The monoisotopic (exact) mass is 262 g/mol. The molecule has 18 heavy (non-hydrogen) atoms. The molecule has 4 nitrogen and oxygen atoms in total. The Kier molecular flexibility index (Phi) is 3.30. The van der Waals surface area contributed by atoms with Crippen LogP contribution in [0.2, 0.25) is 5.02 Å². The minimum Gasteiger partial charge on any atom is -0.307 e. The lowest BCUT2D eigenvalue weighted by Crippen LogP contribution is -2.39. The summed E-state index contributed by atoms with van der Waals surface area (Å²) >= 11 is 6.00. The van der Waals surface area contributed by atoms with Crippen LogP contribution in [0.25, 0.3) is 0 Å². The van der Waals surface area contributed by atoms with Crippen molar-refractivity contribution in [1.82, 2.24) is 20.5 Å². The van der Waals surface area contributed by atoms with Crippen molar-refractivity contribution >= 4 is 11.6 Å². The van der Waals surface area contributed by atoms with Crippen molar-refractivity contribution in [3.8, 4) is 0 Å². The van der Waals surface area contributed by atoms with Crippen molar-refractivity contribution in [3.05, 3.63) is 47.0 Å². The molecule has 1 saturated carbocycles. The van der Waals surface area contributed by atoms with Gasteiger partial charge in [0.2, 0.25) is 0 Å². The van der Waals surface area contributed by atoms with Crippen LogP contribution in [0.1, 0.15) is 30.1 Å². The second-order valence-corrected chi connectivity index (χ2v) is 5.17. The minimum absolute atomic E-state index is 0.569. The van der Waals surface area contributed by atoms with Crippen molar-refractivity contribution in [2.75, 3.05) is 0 Å². The average Bonchev–Trinajstić information content (AvgIpc) is 2.80. The SMILES string of the molecule is Clc1cccc(C2CC(NCc3ncn[nH]3)C2)c1. The number of benzene rings is 1. The molecule has 2 N–H and O–H groups in total. The second kappa shape index (κ2) is 5.08. The van der Waals surface area contributed by atoms with Gasteiger partial charge < -0.3 is 5.32 Å². The Morgan fingerprint density at radius 1 is 1.39 bits per heavy atom. The third kappa shape index (κ3) is 2.54. The first kappa shape index (κ1) is 11.7. The minimum atomic E-state index is 0.569. The first-order valence-electron chi connectivity index (χ1n) is 6.14. The lowest BCUT2D eigenvalue weighted by molar-refractivity contribution is 0.287. The fraction of sp³-hybridized carbons (Fsp3) is 0.385. The van der Waals surface area contributed by atoms with Gasteiger partial charge in [-0.3, -0.25) is 5.10 Å². The quantitative estimate of drug-likeness (QED) is 0.890. The molecule has 0 amide bonds. The largest absolute Gasteiger partial charge is 0.307 e. The number of halogens is 1. The molecule has 0 bridgehead atoms. The number of rotatable bonds is 4. The summed E-state index contributed by atoms with van der Waals surface area (Å²) < 4.78 is 0. The third-order valence-corrected chi connectivity index (χ3v) is 3.72. The highest BCUT2D eigenvalue weighted by Gasteiger charge is 2.29. The van der Waals surface area contributed by atoms with Gasteiger partial charge in [0.1, 0.15) is 12.2 Å². The molecule has 1 aliphatic carbocycles. The smallest absolute Gasteiger partial charge is 0.138 e. The van der Waals surface area contributed by atoms with Crippen molar-refractivity contribution in [3.63, 3.8) is 0 Å².